The van der Waals surface area contributed by atoms with Gasteiger partial charge in [0.25, 0.3) is 5.89 Å². The van der Waals surface area contributed by atoms with Gasteiger partial charge < -0.3 is 14.8 Å². The fourth-order valence-electron chi connectivity index (χ4n) is 3.12. The van der Waals surface area contributed by atoms with Gasteiger partial charge in [-0.1, -0.05) is 5.16 Å². The number of hydrogen-bond acceptors (Lipinski definition) is 6. The van der Waals surface area contributed by atoms with E-state index in [0.717, 1.165) is 36.5 Å². The SMILES string of the molecule is Cc1cc(-c2nc(-c3c(C)ncc4c3CCNC4)no2)cc(=O)[nH]1.Cl. The van der Waals surface area contributed by atoms with Crippen LogP contribution < -0.4 is 10.9 Å². The molecule has 0 aromatic carbocycles. The van der Waals surface area contributed by atoms with Gasteiger partial charge in [-0.25, -0.2) is 0 Å². The van der Waals surface area contributed by atoms with Crippen molar-refractivity contribution < 1.29 is 4.52 Å². The Bertz CT molecular complexity index is 979. The van der Waals surface area contributed by atoms with Crippen LogP contribution in [0.2, 0.25) is 0 Å². The van der Waals surface area contributed by atoms with E-state index in [1.165, 1.54) is 17.2 Å². The van der Waals surface area contributed by atoms with E-state index in [2.05, 4.69) is 25.4 Å². The highest BCUT2D eigenvalue weighted by Crippen LogP contribution is 2.30. The van der Waals surface area contributed by atoms with Crippen molar-refractivity contribution in [3.05, 3.63) is 51.2 Å². The molecule has 0 fully saturated rings. The Balaban J connectivity index is 0.00000182. The van der Waals surface area contributed by atoms with Crippen molar-refractivity contribution in [3.8, 4) is 22.8 Å². The van der Waals surface area contributed by atoms with Gasteiger partial charge in [-0.2, -0.15) is 4.98 Å². The van der Waals surface area contributed by atoms with Crippen LogP contribution in [0, 0.1) is 13.8 Å². The van der Waals surface area contributed by atoms with Gasteiger partial charge in [-0.3, -0.25) is 9.78 Å². The minimum Gasteiger partial charge on any atom is -0.334 e. The van der Waals surface area contributed by atoms with Crippen molar-refractivity contribution >= 4 is 12.4 Å². The summed E-state index contributed by atoms with van der Waals surface area (Å²) in [6, 6.07) is 3.27. The number of nitrogens with zero attached hydrogens (tertiary/aromatic N) is 3. The van der Waals surface area contributed by atoms with Gasteiger partial charge in [-0.15, -0.1) is 12.4 Å². The van der Waals surface area contributed by atoms with E-state index in [0.29, 0.717) is 17.3 Å². The van der Waals surface area contributed by atoms with E-state index in [-0.39, 0.29) is 18.0 Å². The summed E-state index contributed by atoms with van der Waals surface area (Å²) >= 11 is 0. The molecule has 2 N–H and O–H groups in total. The van der Waals surface area contributed by atoms with Crippen LogP contribution in [0.3, 0.4) is 0 Å². The van der Waals surface area contributed by atoms with Gasteiger partial charge in [0.15, 0.2) is 0 Å². The number of aromatic nitrogens is 4. The summed E-state index contributed by atoms with van der Waals surface area (Å²) in [6.07, 6.45) is 2.81. The molecular formula is C17H18ClN5O2. The summed E-state index contributed by atoms with van der Waals surface area (Å²) in [6.45, 7) is 5.48. The maximum absolute atomic E-state index is 11.6. The molecule has 3 aromatic heterocycles. The lowest BCUT2D eigenvalue weighted by Gasteiger charge is -2.19. The molecule has 0 atom stereocenters. The molecule has 1 aliphatic heterocycles. The third-order valence-corrected chi connectivity index (χ3v) is 4.21. The number of nitrogens with one attached hydrogen (secondary N) is 2. The van der Waals surface area contributed by atoms with Crippen LogP contribution in [0.1, 0.15) is 22.5 Å². The molecule has 0 amide bonds. The van der Waals surface area contributed by atoms with E-state index in [1.54, 1.807) is 0 Å². The molecule has 3 aromatic rings. The van der Waals surface area contributed by atoms with E-state index in [9.17, 15) is 4.79 Å². The lowest BCUT2D eigenvalue weighted by molar-refractivity contribution is 0.432. The average Bonchev–Trinajstić information content (AvgIpc) is 3.03. The van der Waals surface area contributed by atoms with E-state index in [4.69, 9.17) is 4.52 Å². The lowest BCUT2D eigenvalue weighted by atomic mass is 9.95. The number of pyridine rings is 2. The van der Waals surface area contributed by atoms with Crippen LogP contribution in [0.15, 0.2) is 27.6 Å². The van der Waals surface area contributed by atoms with Crippen LogP contribution in [0.4, 0.5) is 0 Å². The highest BCUT2D eigenvalue weighted by Gasteiger charge is 2.21. The van der Waals surface area contributed by atoms with Gasteiger partial charge >= 0.3 is 0 Å². The normalized spacial score (nSPS) is 13.2. The zero-order valence-corrected chi connectivity index (χ0v) is 14.7. The monoisotopic (exact) mass is 359 g/mol. The average molecular weight is 360 g/mol. The molecule has 1 aliphatic rings. The van der Waals surface area contributed by atoms with Crippen LogP contribution >= 0.6 is 12.4 Å². The predicted molar refractivity (Wildman–Crippen MR) is 95.7 cm³/mol. The molecule has 0 bridgehead atoms. The third kappa shape index (κ3) is 3.20. The fourth-order valence-corrected chi connectivity index (χ4v) is 3.12. The first kappa shape index (κ1) is 17.3. The largest absolute Gasteiger partial charge is 0.334 e. The molecule has 0 spiro atoms. The Hall–Kier alpha value is -2.51. The minimum absolute atomic E-state index is 0. The summed E-state index contributed by atoms with van der Waals surface area (Å²) in [5, 5.41) is 7.47. The zero-order chi connectivity index (χ0) is 16.7. The molecule has 8 heteroatoms. The van der Waals surface area contributed by atoms with Gasteiger partial charge in [0.05, 0.1) is 0 Å². The Morgan fingerprint density at radius 2 is 2.08 bits per heavy atom. The fraction of sp³-hybridized carbons (Fsp3) is 0.294. The second-order valence-corrected chi connectivity index (χ2v) is 5.99. The first-order chi connectivity index (χ1) is 11.6. The first-order valence-electron chi connectivity index (χ1n) is 7.85. The Morgan fingerprint density at radius 1 is 1.24 bits per heavy atom. The van der Waals surface area contributed by atoms with Gasteiger partial charge in [0.2, 0.25) is 11.4 Å². The number of fused-ring (bicyclic) bond motifs is 1. The summed E-state index contributed by atoms with van der Waals surface area (Å²) in [5.41, 5.74) is 5.38. The molecule has 7 nitrogen and oxygen atoms in total. The second kappa shape index (κ2) is 6.78. The molecule has 25 heavy (non-hydrogen) atoms. The summed E-state index contributed by atoms with van der Waals surface area (Å²) in [4.78, 5) is 23.3. The van der Waals surface area contributed by atoms with Gasteiger partial charge in [-0.05, 0) is 44.0 Å². The smallest absolute Gasteiger partial charge is 0.258 e. The maximum Gasteiger partial charge on any atom is 0.258 e. The molecule has 0 radical (unpaired) electrons. The molecule has 0 saturated heterocycles. The van der Waals surface area contributed by atoms with Crippen molar-refractivity contribution in [2.24, 2.45) is 0 Å². The summed E-state index contributed by atoms with van der Waals surface area (Å²) in [5.74, 6) is 0.858. The number of H-pyrrole nitrogens is 1. The molecule has 130 valence electrons. The third-order valence-electron chi connectivity index (χ3n) is 4.21. The topological polar surface area (TPSA) is 96.7 Å². The van der Waals surface area contributed by atoms with Crippen LogP contribution in [0.5, 0.6) is 0 Å². The molecule has 4 heterocycles. The quantitative estimate of drug-likeness (QED) is 0.728. The van der Waals surface area contributed by atoms with Crippen LogP contribution in [-0.2, 0) is 13.0 Å². The van der Waals surface area contributed by atoms with Crippen LogP contribution in [-0.4, -0.2) is 26.7 Å². The Kier molecular flexibility index (Phi) is 4.69. The van der Waals surface area contributed by atoms with Crippen molar-refractivity contribution in [2.75, 3.05) is 6.54 Å². The Labute approximate surface area is 150 Å². The van der Waals surface area contributed by atoms with Crippen molar-refractivity contribution in [3.63, 3.8) is 0 Å². The molecular weight excluding hydrogens is 342 g/mol. The molecule has 0 aliphatic carbocycles. The maximum atomic E-state index is 11.6. The predicted octanol–water partition coefficient (Wildman–Crippen LogP) is 2.17. The van der Waals surface area contributed by atoms with Crippen molar-refractivity contribution in [1.29, 1.82) is 0 Å². The number of aromatic amines is 1. The van der Waals surface area contributed by atoms with Crippen LogP contribution in [0.25, 0.3) is 22.8 Å². The van der Waals surface area contributed by atoms with E-state index < -0.39 is 0 Å². The highest BCUT2D eigenvalue weighted by atomic mass is 35.5. The standard InChI is InChI=1S/C17H17N5O2.ClH/c1-9-5-11(6-14(23)20-9)17-21-16(22-24-17)15-10(2)19-8-12-7-18-4-3-13(12)15;/h5-6,8,18H,3-4,7H2,1-2H3,(H,20,23);1H. The summed E-state index contributed by atoms with van der Waals surface area (Å²) in [7, 11) is 0. The number of halogens is 1. The Morgan fingerprint density at radius 3 is 2.88 bits per heavy atom. The molecule has 0 saturated carbocycles. The number of hydrogen-bond donors (Lipinski definition) is 2. The highest BCUT2D eigenvalue weighted by molar-refractivity contribution is 5.85. The van der Waals surface area contributed by atoms with Gasteiger partial charge in [0, 0.05) is 41.3 Å². The van der Waals surface area contributed by atoms with E-state index in [1.807, 2.05) is 26.1 Å². The second-order valence-electron chi connectivity index (χ2n) is 5.99. The number of aryl methyl sites for hydroxylation is 2. The molecule has 0 unspecified atom stereocenters. The number of rotatable bonds is 2. The van der Waals surface area contributed by atoms with Gasteiger partial charge in [0.1, 0.15) is 0 Å². The first-order valence-corrected chi connectivity index (χ1v) is 7.85. The lowest BCUT2D eigenvalue weighted by Crippen LogP contribution is -2.24. The van der Waals surface area contributed by atoms with Crippen molar-refractivity contribution in [1.82, 2.24) is 25.4 Å². The minimum atomic E-state index is -0.189. The molecule has 4 rings (SSSR count). The van der Waals surface area contributed by atoms with E-state index >= 15 is 0 Å². The van der Waals surface area contributed by atoms with Crippen molar-refractivity contribution in [2.45, 2.75) is 26.8 Å². The zero-order valence-electron chi connectivity index (χ0n) is 13.9. The summed E-state index contributed by atoms with van der Waals surface area (Å²) < 4.78 is 5.40.